The Morgan fingerprint density at radius 3 is 2.36 bits per heavy atom. The molecule has 0 aromatic rings. The highest BCUT2D eigenvalue weighted by Crippen LogP contribution is 2.17. The summed E-state index contributed by atoms with van der Waals surface area (Å²) >= 11 is 0. The van der Waals surface area contributed by atoms with E-state index < -0.39 is 24.3 Å². The first-order valence-corrected chi connectivity index (χ1v) is 4.11. The van der Waals surface area contributed by atoms with Gasteiger partial charge >= 0.3 is 11.9 Å². The van der Waals surface area contributed by atoms with Gasteiger partial charge in [-0.15, -0.1) is 0 Å². The maximum absolute atomic E-state index is 12.6. The van der Waals surface area contributed by atoms with E-state index in [-0.39, 0.29) is 6.61 Å². The number of ether oxygens (including phenoxy) is 1. The van der Waals surface area contributed by atoms with Crippen molar-refractivity contribution in [2.75, 3.05) is 13.3 Å². The molecule has 0 rings (SSSR count). The van der Waals surface area contributed by atoms with Crippen molar-refractivity contribution in [2.45, 2.75) is 25.7 Å². The number of Topliss-reactive ketones (excluding diaryl/α,β-unsaturated/α-hetero) is 1. The van der Waals surface area contributed by atoms with Crippen molar-refractivity contribution in [3.05, 3.63) is 0 Å². The summed E-state index contributed by atoms with van der Waals surface area (Å²) < 4.78 is 40.8. The second-order valence-electron chi connectivity index (χ2n) is 2.62. The van der Waals surface area contributed by atoms with Crippen LogP contribution in [0.5, 0.6) is 0 Å². The number of carbonyl (C=O) groups excluding carboxylic acids is 2. The molecule has 6 heteroatoms. The summed E-state index contributed by atoms with van der Waals surface area (Å²) in [6.45, 7) is -0.293. The van der Waals surface area contributed by atoms with Crippen LogP contribution in [0.2, 0.25) is 0 Å². The Morgan fingerprint density at radius 1 is 1.36 bits per heavy atom. The standard InChI is InChI=1S/C8H11F3O3/c1-2-3-4-14-7(13)8(10,11)6(12)5-9/h2-5H2,1H3. The fourth-order valence-corrected chi connectivity index (χ4v) is 0.598. The van der Waals surface area contributed by atoms with Gasteiger partial charge in [0, 0.05) is 0 Å². The van der Waals surface area contributed by atoms with Crippen LogP contribution in [0, 0.1) is 0 Å². The molecule has 3 nitrogen and oxygen atoms in total. The van der Waals surface area contributed by atoms with Gasteiger partial charge in [0.1, 0.15) is 0 Å². The Balaban J connectivity index is 4.15. The molecule has 0 spiro atoms. The molecule has 14 heavy (non-hydrogen) atoms. The van der Waals surface area contributed by atoms with Crippen LogP contribution in [0.3, 0.4) is 0 Å². The second kappa shape index (κ2) is 5.62. The zero-order valence-electron chi connectivity index (χ0n) is 7.69. The number of ketones is 1. The van der Waals surface area contributed by atoms with E-state index in [1.165, 1.54) is 0 Å². The summed E-state index contributed by atoms with van der Waals surface area (Å²) in [7, 11) is 0. The number of halogens is 3. The van der Waals surface area contributed by atoms with E-state index in [4.69, 9.17) is 0 Å². The zero-order valence-corrected chi connectivity index (χ0v) is 7.69. The summed E-state index contributed by atoms with van der Waals surface area (Å²) in [5, 5.41) is 0. The molecule has 0 fully saturated rings. The van der Waals surface area contributed by atoms with Gasteiger partial charge in [0.25, 0.3) is 0 Å². The minimum Gasteiger partial charge on any atom is -0.461 e. The smallest absolute Gasteiger partial charge is 0.402 e. The topological polar surface area (TPSA) is 43.4 Å². The molecule has 0 atom stereocenters. The molecule has 0 aromatic carbocycles. The normalized spacial score (nSPS) is 11.1. The van der Waals surface area contributed by atoms with Crippen molar-refractivity contribution in [3.63, 3.8) is 0 Å². The molecule has 0 saturated heterocycles. The first-order chi connectivity index (χ1) is 6.46. The number of unbranched alkanes of at least 4 members (excludes halogenated alkanes) is 1. The van der Waals surface area contributed by atoms with E-state index in [9.17, 15) is 22.8 Å². The van der Waals surface area contributed by atoms with Gasteiger partial charge in [-0.05, 0) is 6.42 Å². The molecular formula is C8H11F3O3. The lowest BCUT2D eigenvalue weighted by atomic mass is 10.2. The Morgan fingerprint density at radius 2 is 1.93 bits per heavy atom. The third kappa shape index (κ3) is 3.35. The average Bonchev–Trinajstić information content (AvgIpc) is 2.16. The maximum Gasteiger partial charge on any atom is 0.402 e. The molecule has 0 N–H and O–H groups in total. The minimum absolute atomic E-state index is 0.190. The van der Waals surface area contributed by atoms with Crippen molar-refractivity contribution in [3.8, 4) is 0 Å². The molecule has 0 aliphatic carbocycles. The lowest BCUT2D eigenvalue weighted by Crippen LogP contribution is -2.40. The Hall–Kier alpha value is -1.07. The SMILES string of the molecule is CCCCOC(=O)C(F)(F)C(=O)CF. The number of alkyl halides is 3. The third-order valence-corrected chi connectivity index (χ3v) is 1.46. The van der Waals surface area contributed by atoms with Crippen LogP contribution in [-0.2, 0) is 14.3 Å². The van der Waals surface area contributed by atoms with Gasteiger partial charge in [0.2, 0.25) is 5.78 Å². The van der Waals surface area contributed by atoms with Crippen molar-refractivity contribution in [1.82, 2.24) is 0 Å². The average molecular weight is 212 g/mol. The lowest BCUT2D eigenvalue weighted by Gasteiger charge is -2.11. The van der Waals surface area contributed by atoms with Gasteiger partial charge in [0.15, 0.2) is 6.67 Å². The molecule has 0 aromatic heterocycles. The van der Waals surface area contributed by atoms with Crippen LogP contribution in [0.25, 0.3) is 0 Å². The largest absolute Gasteiger partial charge is 0.461 e. The van der Waals surface area contributed by atoms with Gasteiger partial charge in [-0.2, -0.15) is 8.78 Å². The maximum atomic E-state index is 12.6. The Bertz CT molecular complexity index is 216. The van der Waals surface area contributed by atoms with Gasteiger partial charge < -0.3 is 4.74 Å². The van der Waals surface area contributed by atoms with Crippen LogP contribution in [0.4, 0.5) is 13.2 Å². The molecule has 0 heterocycles. The van der Waals surface area contributed by atoms with Crippen LogP contribution >= 0.6 is 0 Å². The highest BCUT2D eigenvalue weighted by molar-refractivity contribution is 6.05. The van der Waals surface area contributed by atoms with Crippen LogP contribution in [0.1, 0.15) is 19.8 Å². The van der Waals surface area contributed by atoms with Crippen LogP contribution in [0.15, 0.2) is 0 Å². The Kier molecular flexibility index (Phi) is 5.19. The first-order valence-electron chi connectivity index (χ1n) is 4.11. The van der Waals surface area contributed by atoms with Gasteiger partial charge in [-0.1, -0.05) is 13.3 Å². The first kappa shape index (κ1) is 12.9. The van der Waals surface area contributed by atoms with E-state index in [1.807, 2.05) is 0 Å². The van der Waals surface area contributed by atoms with Crippen molar-refractivity contribution in [2.24, 2.45) is 0 Å². The van der Waals surface area contributed by atoms with Crippen LogP contribution in [-0.4, -0.2) is 31.0 Å². The number of hydrogen-bond acceptors (Lipinski definition) is 3. The number of esters is 1. The van der Waals surface area contributed by atoms with Crippen molar-refractivity contribution < 1.29 is 27.5 Å². The zero-order chi connectivity index (χ0) is 11.2. The van der Waals surface area contributed by atoms with Crippen molar-refractivity contribution >= 4 is 11.8 Å². The summed E-state index contributed by atoms with van der Waals surface area (Å²) in [6, 6.07) is 0. The summed E-state index contributed by atoms with van der Waals surface area (Å²) in [5.41, 5.74) is 0. The second-order valence-corrected chi connectivity index (χ2v) is 2.62. The molecule has 0 bridgehead atoms. The van der Waals surface area contributed by atoms with Gasteiger partial charge in [-0.3, -0.25) is 4.79 Å². The highest BCUT2D eigenvalue weighted by Gasteiger charge is 2.48. The molecule has 82 valence electrons. The van der Waals surface area contributed by atoms with E-state index in [2.05, 4.69) is 4.74 Å². The molecule has 0 aliphatic heterocycles. The number of carbonyl (C=O) groups is 2. The van der Waals surface area contributed by atoms with Gasteiger partial charge in [0.05, 0.1) is 6.61 Å². The van der Waals surface area contributed by atoms with E-state index in [0.717, 1.165) is 0 Å². The van der Waals surface area contributed by atoms with Crippen molar-refractivity contribution in [1.29, 1.82) is 0 Å². The van der Waals surface area contributed by atoms with Gasteiger partial charge in [-0.25, -0.2) is 9.18 Å². The van der Waals surface area contributed by atoms with E-state index >= 15 is 0 Å². The Labute approximate surface area is 79.2 Å². The third-order valence-electron chi connectivity index (χ3n) is 1.46. The molecule has 0 unspecified atom stereocenters. The molecule has 0 radical (unpaired) electrons. The monoisotopic (exact) mass is 212 g/mol. The lowest BCUT2D eigenvalue weighted by molar-refractivity contribution is -0.177. The predicted octanol–water partition coefficient (Wildman–Crippen LogP) is 1.50. The number of rotatable bonds is 6. The minimum atomic E-state index is -4.36. The highest BCUT2D eigenvalue weighted by atomic mass is 19.3. The molecule has 0 aliphatic rings. The predicted molar refractivity (Wildman–Crippen MR) is 41.8 cm³/mol. The summed E-state index contributed by atoms with van der Waals surface area (Å²) in [4.78, 5) is 20.9. The summed E-state index contributed by atoms with van der Waals surface area (Å²) in [6.07, 6.45) is 1.08. The summed E-state index contributed by atoms with van der Waals surface area (Å²) in [5.74, 6) is -8.41. The quantitative estimate of drug-likeness (QED) is 0.380. The molecule has 0 saturated carbocycles. The fraction of sp³-hybridized carbons (Fsp3) is 0.750. The van der Waals surface area contributed by atoms with Crippen LogP contribution < -0.4 is 0 Å². The molecule has 0 amide bonds. The number of hydrogen-bond donors (Lipinski definition) is 0. The van der Waals surface area contributed by atoms with E-state index in [1.54, 1.807) is 6.92 Å². The fourth-order valence-electron chi connectivity index (χ4n) is 0.598. The molecular weight excluding hydrogens is 201 g/mol. The van der Waals surface area contributed by atoms with E-state index in [0.29, 0.717) is 12.8 Å².